The van der Waals surface area contributed by atoms with Gasteiger partial charge < -0.3 is 14.2 Å². The van der Waals surface area contributed by atoms with Crippen LogP contribution in [0.1, 0.15) is 47.3 Å². The van der Waals surface area contributed by atoms with E-state index >= 15 is 0 Å². The second-order valence-electron chi connectivity index (χ2n) is 10.6. The summed E-state index contributed by atoms with van der Waals surface area (Å²) in [6.07, 6.45) is 2.92. The minimum Gasteiger partial charge on any atom is -0.436 e. The van der Waals surface area contributed by atoms with Gasteiger partial charge in [0.2, 0.25) is 11.8 Å². The van der Waals surface area contributed by atoms with E-state index in [-0.39, 0.29) is 23.3 Å². The van der Waals surface area contributed by atoms with Crippen LogP contribution in [0.3, 0.4) is 0 Å². The number of alkyl halides is 2. The molecule has 12 nitrogen and oxygen atoms in total. The fourth-order valence-corrected chi connectivity index (χ4v) is 5.74. The number of amides is 2. The SMILES string of the molecule is O=C(c1cc(-c2nc3cc(N4CCCC4=O)ccc3o2)ccn1)N1CCN(C(c2ccccc2)c2nnn(C(F)F)n2)CC1. The highest BCUT2D eigenvalue weighted by Gasteiger charge is 2.32. The number of tetrazole rings is 1. The second kappa shape index (κ2) is 11.5. The highest BCUT2D eigenvalue weighted by atomic mass is 19.3. The molecule has 2 aromatic carbocycles. The summed E-state index contributed by atoms with van der Waals surface area (Å²) in [5.41, 5.74) is 3.68. The van der Waals surface area contributed by atoms with E-state index in [9.17, 15) is 18.4 Å². The monoisotopic (exact) mass is 599 g/mol. The summed E-state index contributed by atoms with van der Waals surface area (Å²) >= 11 is 0. The molecule has 0 N–H and O–H groups in total. The quantitative estimate of drug-likeness (QED) is 0.273. The van der Waals surface area contributed by atoms with Gasteiger partial charge in [-0.15, -0.1) is 10.2 Å². The lowest BCUT2D eigenvalue weighted by molar-refractivity contribution is -0.117. The van der Waals surface area contributed by atoms with Crippen molar-refractivity contribution >= 4 is 28.6 Å². The number of hydrogen-bond donors (Lipinski definition) is 0. The minimum absolute atomic E-state index is 0.0953. The van der Waals surface area contributed by atoms with Gasteiger partial charge in [0.15, 0.2) is 11.4 Å². The smallest absolute Gasteiger partial charge is 0.350 e. The summed E-state index contributed by atoms with van der Waals surface area (Å²) < 4.78 is 32.3. The Labute approximate surface area is 249 Å². The predicted octanol–water partition coefficient (Wildman–Crippen LogP) is 3.95. The van der Waals surface area contributed by atoms with Gasteiger partial charge in [0.1, 0.15) is 11.2 Å². The second-order valence-corrected chi connectivity index (χ2v) is 10.6. The van der Waals surface area contributed by atoms with E-state index in [2.05, 4.69) is 30.3 Å². The van der Waals surface area contributed by atoms with Crippen molar-refractivity contribution in [3.63, 3.8) is 0 Å². The van der Waals surface area contributed by atoms with Crippen molar-refractivity contribution in [1.82, 2.24) is 40.0 Å². The molecule has 224 valence electrons. The summed E-state index contributed by atoms with van der Waals surface area (Å²) in [6.45, 7) is -0.514. The van der Waals surface area contributed by atoms with Gasteiger partial charge in [-0.3, -0.25) is 19.5 Å². The Morgan fingerprint density at radius 2 is 1.77 bits per heavy atom. The van der Waals surface area contributed by atoms with Crippen LogP contribution in [-0.4, -0.2) is 84.5 Å². The summed E-state index contributed by atoms with van der Waals surface area (Å²) in [7, 11) is 0. The molecule has 2 aliphatic heterocycles. The maximum absolute atomic E-state index is 13.5. The van der Waals surface area contributed by atoms with E-state index in [1.54, 1.807) is 34.2 Å². The first-order chi connectivity index (χ1) is 21.4. The molecule has 2 aliphatic rings. The number of benzene rings is 2. The maximum atomic E-state index is 13.5. The lowest BCUT2D eigenvalue weighted by Gasteiger charge is -2.38. The highest BCUT2D eigenvalue weighted by molar-refractivity contribution is 5.97. The zero-order valence-corrected chi connectivity index (χ0v) is 23.5. The summed E-state index contributed by atoms with van der Waals surface area (Å²) in [5, 5.41) is 11.3. The molecule has 1 unspecified atom stereocenters. The number of anilines is 1. The first-order valence-corrected chi connectivity index (χ1v) is 14.3. The van der Waals surface area contributed by atoms with Gasteiger partial charge in [-0.1, -0.05) is 35.1 Å². The fourth-order valence-electron chi connectivity index (χ4n) is 5.74. The van der Waals surface area contributed by atoms with Crippen molar-refractivity contribution in [2.75, 3.05) is 37.6 Å². The van der Waals surface area contributed by atoms with Gasteiger partial charge in [-0.25, -0.2) is 4.98 Å². The number of aromatic nitrogens is 6. The number of hydrogen-bond acceptors (Lipinski definition) is 9. The van der Waals surface area contributed by atoms with Crippen molar-refractivity contribution in [3.05, 3.63) is 83.9 Å². The Hall–Kier alpha value is -5.11. The third-order valence-corrected chi connectivity index (χ3v) is 7.93. The van der Waals surface area contributed by atoms with Gasteiger partial charge in [0.25, 0.3) is 5.91 Å². The van der Waals surface area contributed by atoms with Crippen LogP contribution in [0.4, 0.5) is 14.5 Å². The Bertz CT molecular complexity index is 1820. The molecule has 44 heavy (non-hydrogen) atoms. The standard InChI is InChI=1S/C30H27F2N9O3/c31-30(32)41-36-27(35-37-41)26(19-5-2-1-3-6-19)38-13-15-39(16-14-38)29(43)23-17-20(10-11-33-23)28-34-22-18-21(8-9-24(22)44-28)40-12-4-7-25(40)42/h1-3,5-6,8-11,17-18,26,30H,4,7,12-16H2. The largest absolute Gasteiger partial charge is 0.436 e. The third-order valence-electron chi connectivity index (χ3n) is 7.93. The molecule has 0 aliphatic carbocycles. The zero-order valence-electron chi connectivity index (χ0n) is 23.5. The molecule has 0 spiro atoms. The molecule has 14 heteroatoms. The third kappa shape index (κ3) is 5.28. The average molecular weight is 600 g/mol. The Balaban J connectivity index is 1.07. The van der Waals surface area contributed by atoms with Gasteiger partial charge >= 0.3 is 6.55 Å². The number of halogens is 2. The van der Waals surface area contributed by atoms with Crippen LogP contribution in [-0.2, 0) is 4.79 Å². The molecule has 0 bridgehead atoms. The number of oxazole rings is 1. The number of rotatable bonds is 7. The molecule has 2 amide bonds. The molecule has 0 radical (unpaired) electrons. The molecule has 2 saturated heterocycles. The number of nitrogens with zero attached hydrogens (tertiary/aromatic N) is 9. The number of piperazine rings is 1. The topological polar surface area (TPSA) is 126 Å². The molecule has 1 atom stereocenters. The van der Waals surface area contributed by atoms with E-state index in [0.717, 1.165) is 17.7 Å². The van der Waals surface area contributed by atoms with Crippen LogP contribution in [0.2, 0.25) is 0 Å². The van der Waals surface area contributed by atoms with Gasteiger partial charge in [0.05, 0.1) is 6.04 Å². The summed E-state index contributed by atoms with van der Waals surface area (Å²) in [4.78, 5) is 40.4. The molecular weight excluding hydrogens is 572 g/mol. The Morgan fingerprint density at radius 1 is 0.955 bits per heavy atom. The van der Waals surface area contributed by atoms with Crippen molar-refractivity contribution in [2.24, 2.45) is 0 Å². The number of carbonyl (C=O) groups excluding carboxylic acids is 2. The van der Waals surface area contributed by atoms with Crippen molar-refractivity contribution in [3.8, 4) is 11.5 Å². The van der Waals surface area contributed by atoms with Crippen LogP contribution < -0.4 is 4.90 Å². The molecule has 3 aromatic heterocycles. The summed E-state index contributed by atoms with van der Waals surface area (Å²) in [5.74, 6) is 0.373. The lowest BCUT2D eigenvalue weighted by Crippen LogP contribution is -2.50. The van der Waals surface area contributed by atoms with Crippen LogP contribution in [0.15, 0.2) is 71.3 Å². The minimum atomic E-state index is -2.89. The van der Waals surface area contributed by atoms with Gasteiger partial charge in [-0.2, -0.15) is 8.78 Å². The lowest BCUT2D eigenvalue weighted by atomic mass is 10.0. The molecule has 0 saturated carbocycles. The first kappa shape index (κ1) is 27.7. The zero-order chi connectivity index (χ0) is 30.2. The number of carbonyl (C=O) groups is 2. The number of pyridine rings is 1. The van der Waals surface area contributed by atoms with E-state index in [4.69, 9.17) is 4.42 Å². The Kier molecular flexibility index (Phi) is 7.26. The molecule has 5 aromatic rings. The van der Waals surface area contributed by atoms with Crippen LogP contribution in [0.25, 0.3) is 22.6 Å². The fraction of sp³-hybridized carbons (Fsp3) is 0.300. The van der Waals surface area contributed by atoms with Crippen LogP contribution >= 0.6 is 0 Å². The average Bonchev–Trinajstić information content (AvgIpc) is 3.82. The first-order valence-electron chi connectivity index (χ1n) is 14.3. The predicted molar refractivity (Wildman–Crippen MR) is 154 cm³/mol. The molecule has 2 fully saturated rings. The van der Waals surface area contributed by atoms with Crippen molar-refractivity contribution < 1.29 is 22.8 Å². The molecule has 7 rings (SSSR count). The number of fused-ring (bicyclic) bond motifs is 1. The van der Waals surface area contributed by atoms with Gasteiger partial charge in [0, 0.05) is 56.6 Å². The molecular formula is C30H27F2N9O3. The van der Waals surface area contributed by atoms with Gasteiger partial charge in [-0.05, 0) is 47.5 Å². The normalized spacial score (nSPS) is 16.8. The Morgan fingerprint density at radius 3 is 2.50 bits per heavy atom. The van der Waals surface area contributed by atoms with Crippen molar-refractivity contribution in [2.45, 2.75) is 25.4 Å². The van der Waals surface area contributed by atoms with Crippen molar-refractivity contribution in [1.29, 1.82) is 0 Å². The van der Waals surface area contributed by atoms with Crippen LogP contribution in [0.5, 0.6) is 0 Å². The van der Waals surface area contributed by atoms with E-state index < -0.39 is 12.6 Å². The summed E-state index contributed by atoms with van der Waals surface area (Å²) in [6, 6.07) is 17.8. The van der Waals surface area contributed by atoms with Crippen LogP contribution in [0, 0.1) is 0 Å². The maximum Gasteiger partial charge on any atom is 0.350 e. The van der Waals surface area contributed by atoms with E-state index in [0.29, 0.717) is 66.5 Å². The highest BCUT2D eigenvalue weighted by Crippen LogP contribution is 2.30. The van der Waals surface area contributed by atoms with E-state index in [1.807, 2.05) is 42.5 Å². The molecule has 5 heterocycles. The van der Waals surface area contributed by atoms with E-state index in [1.165, 1.54) is 0 Å².